The summed E-state index contributed by atoms with van der Waals surface area (Å²) in [6.07, 6.45) is -4.65. The van der Waals surface area contributed by atoms with E-state index < -0.39 is 12.5 Å². The van der Waals surface area contributed by atoms with Gasteiger partial charge in [0.2, 0.25) is 0 Å². The van der Waals surface area contributed by atoms with Gasteiger partial charge in [-0.1, -0.05) is 0 Å². The zero-order valence-corrected chi connectivity index (χ0v) is 9.78. The van der Waals surface area contributed by atoms with E-state index in [9.17, 15) is 13.6 Å². The molecule has 1 atom stereocenters. The van der Waals surface area contributed by atoms with Gasteiger partial charge in [0, 0.05) is 25.0 Å². The van der Waals surface area contributed by atoms with Gasteiger partial charge in [-0.3, -0.25) is 4.79 Å². The second-order valence-electron chi connectivity index (χ2n) is 3.67. The number of benzene rings is 1. The third-order valence-corrected chi connectivity index (χ3v) is 2.31. The Hall–Kier alpha value is -1.89. The molecule has 100 valence electrons. The monoisotopic (exact) mass is 259 g/mol. The molecular formula is C11H15F2N3O2. The average Bonchev–Trinajstić information content (AvgIpc) is 2.34. The van der Waals surface area contributed by atoms with E-state index in [1.54, 1.807) is 0 Å². The van der Waals surface area contributed by atoms with Crippen molar-refractivity contribution in [1.82, 2.24) is 5.32 Å². The van der Waals surface area contributed by atoms with Crippen LogP contribution in [0.5, 0.6) is 0 Å². The number of nitrogen functional groups attached to an aromatic ring is 1. The summed E-state index contributed by atoms with van der Waals surface area (Å²) in [7, 11) is 1.45. The molecule has 0 heterocycles. The molecule has 0 spiro atoms. The Morgan fingerprint density at radius 2 is 2.17 bits per heavy atom. The van der Waals surface area contributed by atoms with Crippen molar-refractivity contribution in [2.45, 2.75) is 12.5 Å². The van der Waals surface area contributed by atoms with Crippen LogP contribution in [0, 0.1) is 0 Å². The minimum atomic E-state index is -2.85. The second-order valence-corrected chi connectivity index (χ2v) is 3.67. The highest BCUT2D eigenvalue weighted by molar-refractivity contribution is 6.00. The SMILES string of the molecule is CNC(=O)c1ccc(N)cc1NCC(O)C(F)F. The number of nitrogens with one attached hydrogen (secondary N) is 2. The number of aliphatic hydroxyl groups is 1. The number of amides is 1. The summed E-state index contributed by atoms with van der Waals surface area (Å²) in [6.45, 7) is -0.370. The van der Waals surface area contributed by atoms with Gasteiger partial charge in [-0.25, -0.2) is 8.78 Å². The predicted molar refractivity (Wildman–Crippen MR) is 64.7 cm³/mol. The maximum absolute atomic E-state index is 12.1. The predicted octanol–water partition coefficient (Wildman–Crippen LogP) is 0.666. The van der Waals surface area contributed by atoms with Crippen molar-refractivity contribution in [2.75, 3.05) is 24.6 Å². The van der Waals surface area contributed by atoms with Gasteiger partial charge in [0.15, 0.2) is 0 Å². The minimum Gasteiger partial charge on any atom is -0.399 e. The fraction of sp³-hybridized carbons (Fsp3) is 0.364. The number of halogens is 2. The zero-order chi connectivity index (χ0) is 13.7. The van der Waals surface area contributed by atoms with Crippen LogP contribution in [0.2, 0.25) is 0 Å². The number of rotatable bonds is 5. The van der Waals surface area contributed by atoms with Crippen molar-refractivity contribution >= 4 is 17.3 Å². The first kappa shape index (κ1) is 14.2. The molecule has 7 heteroatoms. The Morgan fingerprint density at radius 3 is 2.72 bits per heavy atom. The number of carbonyl (C=O) groups is 1. The van der Waals surface area contributed by atoms with E-state index in [-0.39, 0.29) is 18.0 Å². The molecule has 5 nitrogen and oxygen atoms in total. The number of alkyl halides is 2. The molecule has 5 N–H and O–H groups in total. The van der Waals surface area contributed by atoms with Crippen LogP contribution in [0.25, 0.3) is 0 Å². The van der Waals surface area contributed by atoms with Crippen LogP contribution in [0.4, 0.5) is 20.2 Å². The molecule has 0 aliphatic heterocycles. The Kier molecular flexibility index (Phi) is 4.85. The third kappa shape index (κ3) is 3.56. The number of carbonyl (C=O) groups excluding carboxylic acids is 1. The summed E-state index contributed by atoms with van der Waals surface area (Å²) in [6, 6.07) is 4.45. The summed E-state index contributed by atoms with van der Waals surface area (Å²) in [4.78, 5) is 11.5. The zero-order valence-electron chi connectivity index (χ0n) is 9.78. The van der Waals surface area contributed by atoms with Gasteiger partial charge >= 0.3 is 0 Å². The van der Waals surface area contributed by atoms with Crippen molar-refractivity contribution in [3.63, 3.8) is 0 Å². The quantitative estimate of drug-likeness (QED) is 0.585. The molecule has 0 bridgehead atoms. The topological polar surface area (TPSA) is 87.4 Å². The van der Waals surface area contributed by atoms with E-state index in [0.29, 0.717) is 11.4 Å². The van der Waals surface area contributed by atoms with Crippen LogP contribution in [0.3, 0.4) is 0 Å². The number of hydrogen-bond donors (Lipinski definition) is 4. The molecule has 1 rings (SSSR count). The Bertz CT molecular complexity index is 427. The maximum Gasteiger partial charge on any atom is 0.265 e. The number of nitrogens with two attached hydrogens (primary N) is 1. The molecule has 1 aromatic carbocycles. The van der Waals surface area contributed by atoms with Gasteiger partial charge in [-0.15, -0.1) is 0 Å². The first-order valence-corrected chi connectivity index (χ1v) is 5.27. The molecule has 0 radical (unpaired) electrons. The molecule has 0 fully saturated rings. The molecule has 1 unspecified atom stereocenters. The molecule has 1 amide bonds. The smallest absolute Gasteiger partial charge is 0.265 e. The fourth-order valence-corrected chi connectivity index (χ4v) is 1.34. The fourth-order valence-electron chi connectivity index (χ4n) is 1.34. The molecule has 0 aromatic heterocycles. The van der Waals surface area contributed by atoms with Crippen LogP contribution >= 0.6 is 0 Å². The first-order chi connectivity index (χ1) is 8.45. The van der Waals surface area contributed by atoms with Crippen LogP contribution in [-0.4, -0.2) is 37.1 Å². The summed E-state index contributed by atoms with van der Waals surface area (Å²) in [5.74, 6) is -0.371. The van der Waals surface area contributed by atoms with Crippen LogP contribution < -0.4 is 16.4 Å². The van der Waals surface area contributed by atoms with E-state index in [1.165, 1.54) is 25.2 Å². The molecule has 0 aliphatic carbocycles. The first-order valence-electron chi connectivity index (χ1n) is 5.27. The standard InChI is InChI=1S/C11H15F2N3O2/c1-15-11(18)7-3-2-6(14)4-8(7)16-5-9(17)10(12)13/h2-4,9-10,16-17H,5,14H2,1H3,(H,15,18). The molecule has 18 heavy (non-hydrogen) atoms. The summed E-state index contributed by atoms with van der Waals surface area (Å²) >= 11 is 0. The second kappa shape index (κ2) is 6.15. The summed E-state index contributed by atoms with van der Waals surface area (Å²) in [5.41, 5.74) is 6.51. The average molecular weight is 259 g/mol. The molecule has 0 aliphatic rings. The van der Waals surface area contributed by atoms with Crippen LogP contribution in [0.1, 0.15) is 10.4 Å². The van der Waals surface area contributed by atoms with Gasteiger partial charge in [-0.05, 0) is 18.2 Å². The van der Waals surface area contributed by atoms with Gasteiger partial charge in [0.25, 0.3) is 12.3 Å². The van der Waals surface area contributed by atoms with E-state index in [4.69, 9.17) is 10.8 Å². The van der Waals surface area contributed by atoms with E-state index in [1.807, 2.05) is 0 Å². The van der Waals surface area contributed by atoms with E-state index in [2.05, 4.69) is 10.6 Å². The summed E-state index contributed by atoms with van der Waals surface area (Å²) in [5, 5.41) is 14.0. The lowest BCUT2D eigenvalue weighted by Crippen LogP contribution is -2.28. The van der Waals surface area contributed by atoms with Crippen molar-refractivity contribution in [3.05, 3.63) is 23.8 Å². The largest absolute Gasteiger partial charge is 0.399 e. The highest BCUT2D eigenvalue weighted by Gasteiger charge is 2.17. The van der Waals surface area contributed by atoms with E-state index >= 15 is 0 Å². The minimum absolute atomic E-state index is 0.271. The highest BCUT2D eigenvalue weighted by atomic mass is 19.3. The molecular weight excluding hydrogens is 244 g/mol. The maximum atomic E-state index is 12.1. The Morgan fingerprint density at radius 1 is 1.50 bits per heavy atom. The third-order valence-electron chi connectivity index (χ3n) is 2.31. The lowest BCUT2D eigenvalue weighted by molar-refractivity contribution is 0.00384. The Balaban J connectivity index is 2.86. The Labute approximate surface area is 103 Å². The van der Waals surface area contributed by atoms with Crippen LogP contribution in [-0.2, 0) is 0 Å². The lowest BCUT2D eigenvalue weighted by atomic mass is 10.1. The number of anilines is 2. The highest BCUT2D eigenvalue weighted by Crippen LogP contribution is 2.19. The number of hydrogen-bond acceptors (Lipinski definition) is 4. The van der Waals surface area contributed by atoms with Gasteiger partial charge in [0.1, 0.15) is 6.10 Å². The van der Waals surface area contributed by atoms with Crippen molar-refractivity contribution in [2.24, 2.45) is 0 Å². The summed E-state index contributed by atoms with van der Waals surface area (Å²) < 4.78 is 24.3. The van der Waals surface area contributed by atoms with Crippen molar-refractivity contribution in [1.29, 1.82) is 0 Å². The molecule has 0 saturated heterocycles. The normalized spacial score (nSPS) is 12.3. The van der Waals surface area contributed by atoms with Crippen LogP contribution in [0.15, 0.2) is 18.2 Å². The molecule has 1 aromatic rings. The van der Waals surface area contributed by atoms with Gasteiger partial charge < -0.3 is 21.5 Å². The van der Waals surface area contributed by atoms with Crippen molar-refractivity contribution in [3.8, 4) is 0 Å². The van der Waals surface area contributed by atoms with Crippen molar-refractivity contribution < 1.29 is 18.7 Å². The molecule has 0 saturated carbocycles. The van der Waals surface area contributed by atoms with Gasteiger partial charge in [0.05, 0.1) is 5.56 Å². The number of aliphatic hydroxyl groups excluding tert-OH is 1. The lowest BCUT2D eigenvalue weighted by Gasteiger charge is -2.15. The van der Waals surface area contributed by atoms with E-state index in [0.717, 1.165) is 0 Å². The van der Waals surface area contributed by atoms with Gasteiger partial charge in [-0.2, -0.15) is 0 Å².